The average molecular weight is 350 g/mol. The highest BCUT2D eigenvalue weighted by molar-refractivity contribution is 5.80. The lowest BCUT2D eigenvalue weighted by Crippen LogP contribution is -2.46. The molecule has 0 aromatic rings. The van der Waals surface area contributed by atoms with E-state index in [2.05, 4.69) is 20.5 Å². The van der Waals surface area contributed by atoms with E-state index in [4.69, 9.17) is 0 Å². The number of carbonyl (C=O) groups excluding carboxylic acids is 1. The first kappa shape index (κ1) is 20.6. The molecule has 0 bridgehead atoms. The van der Waals surface area contributed by atoms with E-state index in [1.165, 1.54) is 0 Å². The van der Waals surface area contributed by atoms with Gasteiger partial charge in [-0.1, -0.05) is 0 Å². The van der Waals surface area contributed by atoms with Crippen LogP contribution >= 0.6 is 0 Å². The summed E-state index contributed by atoms with van der Waals surface area (Å²) in [6, 6.07) is 0. The van der Waals surface area contributed by atoms with Crippen molar-refractivity contribution in [3.05, 3.63) is 0 Å². The molecule has 0 spiro atoms. The van der Waals surface area contributed by atoms with Gasteiger partial charge < -0.3 is 15.5 Å². The molecule has 5 nitrogen and oxygen atoms in total. The van der Waals surface area contributed by atoms with E-state index in [0.29, 0.717) is 25.3 Å². The molecule has 1 saturated heterocycles. The number of alkyl halides is 3. The Hall–Kier alpha value is -1.47. The number of aliphatic imine (C=N–C) groups is 1. The molecule has 140 valence electrons. The normalized spacial score (nSPS) is 17.0. The van der Waals surface area contributed by atoms with Gasteiger partial charge in [-0.25, -0.2) is 0 Å². The van der Waals surface area contributed by atoms with E-state index in [1.807, 2.05) is 6.92 Å². The number of nitrogens with zero attached hydrogens (tertiary/aromatic N) is 2. The molecule has 0 radical (unpaired) electrons. The van der Waals surface area contributed by atoms with E-state index in [0.717, 1.165) is 38.4 Å². The molecular formula is C16H29F3N4O. The van der Waals surface area contributed by atoms with Crippen molar-refractivity contribution < 1.29 is 18.0 Å². The van der Waals surface area contributed by atoms with Crippen molar-refractivity contribution in [2.75, 3.05) is 33.2 Å². The van der Waals surface area contributed by atoms with Crippen LogP contribution < -0.4 is 10.6 Å². The average Bonchev–Trinajstić information content (AvgIpc) is 2.53. The molecule has 1 fully saturated rings. The molecule has 0 unspecified atom stereocenters. The van der Waals surface area contributed by atoms with Gasteiger partial charge in [0.15, 0.2) is 5.96 Å². The molecule has 0 aromatic carbocycles. The first-order valence-corrected chi connectivity index (χ1v) is 8.66. The fourth-order valence-corrected chi connectivity index (χ4v) is 2.76. The second-order valence-corrected chi connectivity index (χ2v) is 6.12. The second kappa shape index (κ2) is 10.4. The lowest BCUT2D eigenvalue weighted by Gasteiger charge is -2.34. The molecule has 1 aliphatic rings. The number of hydrogen-bond acceptors (Lipinski definition) is 2. The number of guanidine groups is 1. The van der Waals surface area contributed by atoms with Crippen molar-refractivity contribution in [1.29, 1.82) is 0 Å². The van der Waals surface area contributed by atoms with E-state index < -0.39 is 12.6 Å². The molecule has 1 amide bonds. The van der Waals surface area contributed by atoms with Crippen molar-refractivity contribution >= 4 is 11.9 Å². The van der Waals surface area contributed by atoms with Crippen LogP contribution in [0.4, 0.5) is 13.2 Å². The highest BCUT2D eigenvalue weighted by atomic mass is 19.4. The number of unbranched alkanes of at least 4 members (excludes halogenated alkanes) is 1. The highest BCUT2D eigenvalue weighted by Gasteiger charge is 2.26. The summed E-state index contributed by atoms with van der Waals surface area (Å²) in [5.74, 6) is 1.22. The number of rotatable bonds is 7. The maximum absolute atomic E-state index is 12.1. The Morgan fingerprint density at radius 3 is 2.46 bits per heavy atom. The lowest BCUT2D eigenvalue weighted by molar-refractivity contribution is -0.135. The van der Waals surface area contributed by atoms with Gasteiger partial charge >= 0.3 is 6.18 Å². The maximum Gasteiger partial charge on any atom is 0.389 e. The van der Waals surface area contributed by atoms with Gasteiger partial charge in [0.25, 0.3) is 0 Å². The topological polar surface area (TPSA) is 56.7 Å². The summed E-state index contributed by atoms with van der Waals surface area (Å²) in [4.78, 5) is 18.0. The van der Waals surface area contributed by atoms with Crippen LogP contribution in [0.25, 0.3) is 0 Å². The molecule has 1 heterocycles. The molecule has 1 rings (SSSR count). The monoisotopic (exact) mass is 350 g/mol. The third kappa shape index (κ3) is 8.40. The number of halogens is 3. The van der Waals surface area contributed by atoms with Crippen LogP contribution in [0.1, 0.15) is 45.4 Å². The molecule has 2 N–H and O–H groups in total. The maximum atomic E-state index is 12.1. The van der Waals surface area contributed by atoms with Gasteiger partial charge in [-0.15, -0.1) is 0 Å². The summed E-state index contributed by atoms with van der Waals surface area (Å²) in [5.41, 5.74) is 0. The smallest absolute Gasteiger partial charge is 0.359 e. The van der Waals surface area contributed by atoms with Crippen molar-refractivity contribution in [2.24, 2.45) is 10.9 Å². The third-order valence-electron chi connectivity index (χ3n) is 4.13. The second-order valence-electron chi connectivity index (χ2n) is 6.12. The van der Waals surface area contributed by atoms with Crippen LogP contribution in [-0.2, 0) is 4.79 Å². The van der Waals surface area contributed by atoms with Crippen LogP contribution in [0.15, 0.2) is 4.99 Å². The lowest BCUT2D eigenvalue weighted by atomic mass is 9.93. The van der Waals surface area contributed by atoms with Gasteiger partial charge in [-0.05, 0) is 38.5 Å². The Labute approximate surface area is 142 Å². The zero-order valence-electron chi connectivity index (χ0n) is 14.6. The SMILES string of the molecule is CCNC(=NCCCCC(F)(F)F)N1CCC(CC(=O)NC)CC1. The van der Waals surface area contributed by atoms with Crippen LogP contribution in [0.3, 0.4) is 0 Å². The summed E-state index contributed by atoms with van der Waals surface area (Å²) in [7, 11) is 1.65. The minimum atomic E-state index is -4.08. The number of amides is 1. The quantitative estimate of drug-likeness (QED) is 0.421. The molecule has 1 aliphatic heterocycles. The van der Waals surface area contributed by atoms with Crippen LogP contribution in [0, 0.1) is 5.92 Å². The van der Waals surface area contributed by atoms with Gasteiger partial charge in [0.2, 0.25) is 5.91 Å². The number of piperidine rings is 1. The Kier molecular flexibility index (Phi) is 8.92. The standard InChI is InChI=1S/C16H29F3N4O/c1-3-21-15(22-9-5-4-8-16(17,18)19)23-10-6-13(7-11-23)12-14(24)20-2/h13H,3-12H2,1-2H3,(H,20,24)(H,21,22). The van der Waals surface area contributed by atoms with Gasteiger partial charge in [0.05, 0.1) is 0 Å². The van der Waals surface area contributed by atoms with Gasteiger partial charge in [-0.3, -0.25) is 9.79 Å². The number of nitrogens with one attached hydrogen (secondary N) is 2. The van der Waals surface area contributed by atoms with Crippen LogP contribution in [-0.4, -0.2) is 56.2 Å². The fraction of sp³-hybridized carbons (Fsp3) is 0.875. The van der Waals surface area contributed by atoms with E-state index in [1.54, 1.807) is 7.05 Å². The zero-order chi connectivity index (χ0) is 18.0. The number of likely N-dealkylation sites (tertiary alicyclic amines) is 1. The summed E-state index contributed by atoms with van der Waals surface area (Å²) in [5, 5.41) is 5.85. The van der Waals surface area contributed by atoms with E-state index >= 15 is 0 Å². The number of hydrogen-bond donors (Lipinski definition) is 2. The van der Waals surface area contributed by atoms with Crippen LogP contribution in [0.2, 0.25) is 0 Å². The Morgan fingerprint density at radius 1 is 1.25 bits per heavy atom. The largest absolute Gasteiger partial charge is 0.389 e. The fourth-order valence-electron chi connectivity index (χ4n) is 2.76. The van der Waals surface area contributed by atoms with Crippen LogP contribution in [0.5, 0.6) is 0 Å². The Bertz CT molecular complexity index is 405. The summed E-state index contributed by atoms with van der Waals surface area (Å²) in [6.45, 7) is 4.72. The van der Waals surface area contributed by atoms with Crippen molar-refractivity contribution in [1.82, 2.24) is 15.5 Å². The van der Waals surface area contributed by atoms with Gasteiger partial charge in [-0.2, -0.15) is 13.2 Å². The van der Waals surface area contributed by atoms with Crippen molar-refractivity contribution in [3.8, 4) is 0 Å². The molecular weight excluding hydrogens is 321 g/mol. The molecule has 0 aromatic heterocycles. The van der Waals surface area contributed by atoms with E-state index in [-0.39, 0.29) is 12.3 Å². The Morgan fingerprint density at radius 2 is 1.92 bits per heavy atom. The molecule has 0 aliphatic carbocycles. The summed E-state index contributed by atoms with van der Waals surface area (Å²) < 4.78 is 36.4. The van der Waals surface area contributed by atoms with E-state index in [9.17, 15) is 18.0 Å². The number of carbonyl (C=O) groups is 1. The molecule has 8 heteroatoms. The molecule has 24 heavy (non-hydrogen) atoms. The predicted octanol–water partition coefficient (Wildman–Crippen LogP) is 2.53. The zero-order valence-corrected chi connectivity index (χ0v) is 14.6. The van der Waals surface area contributed by atoms with Crippen molar-refractivity contribution in [2.45, 2.75) is 51.6 Å². The molecule has 0 atom stereocenters. The van der Waals surface area contributed by atoms with Crippen molar-refractivity contribution in [3.63, 3.8) is 0 Å². The highest BCUT2D eigenvalue weighted by Crippen LogP contribution is 2.22. The van der Waals surface area contributed by atoms with Gasteiger partial charge in [0.1, 0.15) is 0 Å². The minimum absolute atomic E-state index is 0.0682. The third-order valence-corrected chi connectivity index (χ3v) is 4.13. The van der Waals surface area contributed by atoms with Gasteiger partial charge in [0, 0.05) is 46.1 Å². The predicted molar refractivity (Wildman–Crippen MR) is 88.9 cm³/mol. The molecule has 0 saturated carbocycles. The first-order valence-electron chi connectivity index (χ1n) is 8.66. The summed E-state index contributed by atoms with van der Waals surface area (Å²) in [6.07, 6.45) is -1.89. The Balaban J connectivity index is 2.39. The summed E-state index contributed by atoms with van der Waals surface area (Å²) >= 11 is 0. The first-order chi connectivity index (χ1) is 11.4. The minimum Gasteiger partial charge on any atom is -0.359 e.